The number of rotatable bonds is 6. The summed E-state index contributed by atoms with van der Waals surface area (Å²) in [6.07, 6.45) is 0.883. The number of aromatic nitrogens is 2. The van der Waals surface area contributed by atoms with Crippen molar-refractivity contribution in [2.24, 2.45) is 0 Å². The van der Waals surface area contributed by atoms with Crippen LogP contribution in [0.2, 0.25) is 10.0 Å². The summed E-state index contributed by atoms with van der Waals surface area (Å²) in [5.74, 6) is 0.710. The van der Waals surface area contributed by atoms with Crippen LogP contribution >= 0.6 is 23.2 Å². The van der Waals surface area contributed by atoms with E-state index in [0.717, 1.165) is 69.1 Å². The molecule has 0 radical (unpaired) electrons. The van der Waals surface area contributed by atoms with Crippen molar-refractivity contribution in [1.29, 1.82) is 0 Å². The van der Waals surface area contributed by atoms with Crippen LogP contribution < -0.4 is 15.4 Å². The quantitative estimate of drug-likeness (QED) is 0.130. The van der Waals surface area contributed by atoms with E-state index in [1.165, 1.54) is 6.92 Å². The third kappa shape index (κ3) is 9.35. The summed E-state index contributed by atoms with van der Waals surface area (Å²) in [4.78, 5) is 51.6. The van der Waals surface area contributed by atoms with Gasteiger partial charge in [-0.1, -0.05) is 35.3 Å². The number of hydrogen-bond acceptors (Lipinski definition) is 13. The highest BCUT2D eigenvalue weighted by Crippen LogP contribution is 2.30. The molecule has 1 N–H and O–H groups in total. The number of Topliss-reactive ketones (excluding diaryl/α,β-unsaturated/α-hetero) is 1. The van der Waals surface area contributed by atoms with Gasteiger partial charge in [0.15, 0.2) is 17.5 Å². The molecule has 0 bridgehead atoms. The molecule has 9 rings (SSSR count). The van der Waals surface area contributed by atoms with Gasteiger partial charge in [-0.05, 0) is 75.6 Å². The maximum Gasteiger partial charge on any atom is 0.349 e. The molecule has 300 valence electrons. The highest BCUT2D eigenvalue weighted by Gasteiger charge is 2.19. The molecule has 0 saturated carbocycles. The molecule has 0 unspecified atom stereocenters. The molecule has 0 amide bonds. The summed E-state index contributed by atoms with van der Waals surface area (Å²) >= 11 is 12.1. The number of phenolic OH excluding ortho intramolecular Hbond substituents is 1. The predicted octanol–water partition coefficient (Wildman–Crippen LogP) is 7.58. The van der Waals surface area contributed by atoms with Gasteiger partial charge in [0.2, 0.25) is 11.8 Å². The zero-order valence-electron chi connectivity index (χ0n) is 32.3. The van der Waals surface area contributed by atoms with Crippen LogP contribution in [0, 0.1) is 0 Å². The van der Waals surface area contributed by atoms with Crippen LogP contribution in [-0.4, -0.2) is 103 Å². The average Bonchev–Trinajstić information content (AvgIpc) is 3.84. The SMILES string of the molecule is CC(=O)Cc1nc2c(Cl)cccc2o1.CN1CCN(c2ccc(C=O)c(O)c2)CC1.CN1CCN(c2ccc3cc(-c4nc5c(Cl)cccc5o4)c(=O)oc3c2)CC1. The summed E-state index contributed by atoms with van der Waals surface area (Å²) < 4.78 is 16.7. The second kappa shape index (κ2) is 17.8. The van der Waals surface area contributed by atoms with Gasteiger partial charge in [0, 0.05) is 81.3 Å². The number of benzene rings is 4. The van der Waals surface area contributed by atoms with Gasteiger partial charge in [0.25, 0.3) is 0 Å². The Kier molecular flexibility index (Phi) is 12.4. The van der Waals surface area contributed by atoms with Crippen molar-refractivity contribution in [3.63, 3.8) is 0 Å². The summed E-state index contributed by atoms with van der Waals surface area (Å²) in [5.41, 5.74) is 5.05. The van der Waals surface area contributed by atoms with E-state index in [2.05, 4.69) is 49.7 Å². The first-order valence-corrected chi connectivity index (χ1v) is 19.5. The lowest BCUT2D eigenvalue weighted by Crippen LogP contribution is -2.44. The molecule has 0 atom stereocenters. The van der Waals surface area contributed by atoms with Crippen LogP contribution in [0.15, 0.2) is 96.9 Å². The molecule has 0 aliphatic carbocycles. The number of carbonyl (C=O) groups is 2. The number of fused-ring (bicyclic) bond motifs is 3. The van der Waals surface area contributed by atoms with Crippen LogP contribution in [0.1, 0.15) is 23.2 Å². The lowest BCUT2D eigenvalue weighted by atomic mass is 10.1. The predicted molar refractivity (Wildman–Crippen MR) is 227 cm³/mol. The number of carbonyl (C=O) groups excluding carboxylic acids is 2. The Balaban J connectivity index is 0.000000145. The molecule has 2 fully saturated rings. The number of aldehydes is 1. The summed E-state index contributed by atoms with van der Waals surface area (Å²) in [6, 6.07) is 23.5. The summed E-state index contributed by atoms with van der Waals surface area (Å²) in [6.45, 7) is 9.39. The van der Waals surface area contributed by atoms with Crippen molar-refractivity contribution in [2.75, 3.05) is 76.3 Å². The molecule has 2 aliphatic rings. The molecule has 2 saturated heterocycles. The Labute approximate surface area is 344 Å². The molecule has 58 heavy (non-hydrogen) atoms. The number of likely N-dealkylation sites (N-methyl/N-ethyl adjacent to an activating group) is 2. The number of oxazole rings is 2. The number of piperazine rings is 2. The minimum Gasteiger partial charge on any atom is -0.507 e. The number of halogens is 2. The lowest BCUT2D eigenvalue weighted by molar-refractivity contribution is -0.116. The molecule has 2 aliphatic heterocycles. The van der Waals surface area contributed by atoms with E-state index in [-0.39, 0.29) is 29.4 Å². The number of nitrogens with zero attached hydrogens (tertiary/aromatic N) is 6. The van der Waals surface area contributed by atoms with Gasteiger partial charge in [0.1, 0.15) is 33.7 Å². The zero-order chi connectivity index (χ0) is 40.9. The Hall–Kier alpha value is -5.73. The third-order valence-electron chi connectivity index (χ3n) is 10.0. The van der Waals surface area contributed by atoms with E-state index in [1.807, 2.05) is 18.2 Å². The first-order chi connectivity index (χ1) is 27.9. The fraction of sp³-hybridized carbons (Fsp3) is 0.279. The van der Waals surface area contributed by atoms with E-state index in [1.54, 1.807) is 54.6 Å². The number of phenols is 1. The van der Waals surface area contributed by atoms with Gasteiger partial charge in [-0.2, -0.15) is 0 Å². The molecule has 4 aromatic carbocycles. The first-order valence-electron chi connectivity index (χ1n) is 18.8. The molecular formula is C43H42Cl2N6O7. The van der Waals surface area contributed by atoms with Crippen molar-refractivity contribution in [3.8, 4) is 17.2 Å². The number of aromatic hydroxyl groups is 1. The maximum atomic E-state index is 12.6. The summed E-state index contributed by atoms with van der Waals surface area (Å²) in [5, 5.41) is 11.4. The Morgan fingerprint density at radius 3 is 1.84 bits per heavy atom. The monoisotopic (exact) mass is 824 g/mol. The van der Waals surface area contributed by atoms with Crippen LogP contribution in [0.5, 0.6) is 5.75 Å². The molecular weight excluding hydrogens is 783 g/mol. The van der Waals surface area contributed by atoms with E-state index in [0.29, 0.717) is 55.6 Å². The fourth-order valence-corrected chi connectivity index (χ4v) is 7.10. The van der Waals surface area contributed by atoms with Crippen LogP contribution in [0.3, 0.4) is 0 Å². The average molecular weight is 826 g/mol. The van der Waals surface area contributed by atoms with Crippen molar-refractivity contribution in [1.82, 2.24) is 19.8 Å². The van der Waals surface area contributed by atoms with E-state index in [9.17, 15) is 19.5 Å². The largest absolute Gasteiger partial charge is 0.507 e. The van der Waals surface area contributed by atoms with E-state index < -0.39 is 5.63 Å². The molecule has 15 heteroatoms. The second-order valence-electron chi connectivity index (χ2n) is 14.3. The van der Waals surface area contributed by atoms with E-state index >= 15 is 0 Å². The van der Waals surface area contributed by atoms with Gasteiger partial charge in [-0.15, -0.1) is 0 Å². The topological polar surface area (TPSA) is 150 Å². The normalized spacial score (nSPS) is 14.9. The Morgan fingerprint density at radius 1 is 0.724 bits per heavy atom. The van der Waals surface area contributed by atoms with Crippen LogP contribution in [-0.2, 0) is 11.2 Å². The minimum absolute atomic E-state index is 0.0210. The molecule has 7 aromatic rings. The standard InChI is InChI=1S/C21H18ClN3O3.C12H16N2O2.C10H8ClNO2/c1-24-7-9-25(10-8-24)14-6-5-13-11-15(21(26)28-18(13)12-14)20-23-19-16(22)3-2-4-17(19)27-20;1-13-4-6-14(7-5-13)11-3-2-10(9-15)12(16)8-11;1-6(13)5-9-12-10-7(11)3-2-4-8(10)14-9/h2-6,11-12H,7-10H2,1H3;2-3,8-9,16H,4-7H2,1H3;2-4H,5H2,1H3. The van der Waals surface area contributed by atoms with Crippen molar-refractivity contribution in [3.05, 3.63) is 111 Å². The summed E-state index contributed by atoms with van der Waals surface area (Å²) in [7, 11) is 4.22. The van der Waals surface area contributed by atoms with Crippen molar-refractivity contribution < 1.29 is 27.9 Å². The zero-order valence-corrected chi connectivity index (χ0v) is 33.8. The number of para-hydroxylation sites is 2. The number of ketones is 1. The number of hydrogen-bond donors (Lipinski definition) is 1. The lowest BCUT2D eigenvalue weighted by Gasteiger charge is -2.34. The Bertz CT molecular complexity index is 2640. The molecule has 13 nitrogen and oxygen atoms in total. The fourth-order valence-electron chi connectivity index (χ4n) is 6.68. The molecule has 3 aromatic heterocycles. The Morgan fingerprint density at radius 2 is 1.29 bits per heavy atom. The van der Waals surface area contributed by atoms with Gasteiger partial charge in [0.05, 0.1) is 22.0 Å². The van der Waals surface area contributed by atoms with Crippen LogP contribution in [0.25, 0.3) is 44.6 Å². The van der Waals surface area contributed by atoms with Gasteiger partial charge >= 0.3 is 5.63 Å². The molecule has 0 spiro atoms. The van der Waals surface area contributed by atoms with E-state index in [4.69, 9.17) is 36.5 Å². The van der Waals surface area contributed by atoms with Gasteiger partial charge < -0.3 is 38.0 Å². The highest BCUT2D eigenvalue weighted by atomic mass is 35.5. The number of anilines is 2. The smallest absolute Gasteiger partial charge is 0.349 e. The maximum absolute atomic E-state index is 12.6. The van der Waals surface area contributed by atoms with Crippen molar-refractivity contribution in [2.45, 2.75) is 13.3 Å². The van der Waals surface area contributed by atoms with Gasteiger partial charge in [-0.25, -0.2) is 14.8 Å². The highest BCUT2D eigenvalue weighted by molar-refractivity contribution is 6.35. The molecule has 5 heterocycles. The first kappa shape index (κ1) is 40.5. The van der Waals surface area contributed by atoms with Crippen LogP contribution in [0.4, 0.5) is 11.4 Å². The van der Waals surface area contributed by atoms with Gasteiger partial charge in [-0.3, -0.25) is 9.59 Å². The van der Waals surface area contributed by atoms with Crippen molar-refractivity contribution >= 4 is 79.8 Å². The second-order valence-corrected chi connectivity index (χ2v) is 15.1. The minimum atomic E-state index is -0.481. The third-order valence-corrected chi connectivity index (χ3v) is 10.6.